The number of fused-ring (bicyclic) bond motifs is 1. The average molecular weight is 287 g/mol. The first-order valence-electron chi connectivity index (χ1n) is 7.23. The third-order valence-corrected chi connectivity index (χ3v) is 3.61. The molecule has 0 spiro atoms. The van der Waals surface area contributed by atoms with E-state index >= 15 is 0 Å². The molecule has 1 aromatic carbocycles. The molecular formula is C17H21NO3. The van der Waals surface area contributed by atoms with Crippen molar-refractivity contribution < 1.29 is 13.9 Å². The minimum atomic E-state index is -0.334. The maximum atomic E-state index is 6.11. The zero-order chi connectivity index (χ0) is 15.0. The van der Waals surface area contributed by atoms with Crippen molar-refractivity contribution in [3.8, 4) is 11.5 Å². The third kappa shape index (κ3) is 2.76. The number of nitrogens with two attached hydrogens (primary N) is 1. The van der Waals surface area contributed by atoms with E-state index in [1.807, 2.05) is 31.2 Å². The Labute approximate surface area is 124 Å². The highest BCUT2D eigenvalue weighted by Gasteiger charge is 2.33. The largest absolute Gasteiger partial charge is 0.483 e. The second-order valence-electron chi connectivity index (χ2n) is 6.20. The minimum absolute atomic E-state index is 0.193. The molecular weight excluding hydrogens is 266 g/mol. The van der Waals surface area contributed by atoms with Crippen LogP contribution in [0, 0.1) is 0 Å². The number of ether oxygens (including phenoxy) is 2. The van der Waals surface area contributed by atoms with E-state index in [0.717, 1.165) is 23.7 Å². The second kappa shape index (κ2) is 5.11. The van der Waals surface area contributed by atoms with Gasteiger partial charge < -0.3 is 19.6 Å². The summed E-state index contributed by atoms with van der Waals surface area (Å²) in [6, 6.07) is 9.50. The molecule has 0 saturated heterocycles. The fourth-order valence-electron chi connectivity index (χ4n) is 2.69. The maximum Gasteiger partial charge on any atom is 0.171 e. The summed E-state index contributed by atoms with van der Waals surface area (Å²) >= 11 is 0. The molecule has 0 bridgehead atoms. The van der Waals surface area contributed by atoms with Crippen molar-refractivity contribution in [3.05, 3.63) is 47.9 Å². The topological polar surface area (TPSA) is 57.6 Å². The molecule has 2 aromatic rings. The van der Waals surface area contributed by atoms with Crippen molar-refractivity contribution in [2.24, 2.45) is 5.73 Å². The molecule has 1 aromatic heterocycles. The average Bonchev–Trinajstić information content (AvgIpc) is 3.01. The van der Waals surface area contributed by atoms with Crippen LogP contribution in [0.3, 0.4) is 0 Å². The first-order chi connectivity index (χ1) is 9.96. The van der Waals surface area contributed by atoms with Gasteiger partial charge in [0.25, 0.3) is 0 Å². The van der Waals surface area contributed by atoms with Crippen molar-refractivity contribution in [2.45, 2.75) is 44.9 Å². The molecule has 112 valence electrons. The highest BCUT2D eigenvalue weighted by atomic mass is 16.5. The van der Waals surface area contributed by atoms with Gasteiger partial charge in [-0.2, -0.15) is 0 Å². The van der Waals surface area contributed by atoms with Crippen LogP contribution in [0.25, 0.3) is 0 Å². The van der Waals surface area contributed by atoms with Crippen molar-refractivity contribution in [3.63, 3.8) is 0 Å². The van der Waals surface area contributed by atoms with E-state index in [1.54, 1.807) is 6.26 Å². The van der Waals surface area contributed by atoms with Gasteiger partial charge in [-0.15, -0.1) is 0 Å². The number of rotatable bonds is 4. The Morgan fingerprint density at radius 3 is 2.71 bits per heavy atom. The fraction of sp³-hybridized carbons (Fsp3) is 0.412. The van der Waals surface area contributed by atoms with E-state index in [1.165, 1.54) is 5.56 Å². The predicted molar refractivity (Wildman–Crippen MR) is 80.6 cm³/mol. The first-order valence-corrected chi connectivity index (χ1v) is 7.23. The number of para-hydroxylation sites is 1. The van der Waals surface area contributed by atoms with E-state index in [0.29, 0.717) is 0 Å². The van der Waals surface area contributed by atoms with Crippen molar-refractivity contribution in [1.29, 1.82) is 0 Å². The van der Waals surface area contributed by atoms with E-state index in [9.17, 15) is 0 Å². The number of benzene rings is 1. The van der Waals surface area contributed by atoms with Crippen molar-refractivity contribution in [1.82, 2.24) is 0 Å². The van der Waals surface area contributed by atoms with Gasteiger partial charge in [0, 0.05) is 18.0 Å². The molecule has 21 heavy (non-hydrogen) atoms. The van der Waals surface area contributed by atoms with Gasteiger partial charge >= 0.3 is 0 Å². The summed E-state index contributed by atoms with van der Waals surface area (Å²) < 4.78 is 17.6. The number of hydrogen-bond donors (Lipinski definition) is 1. The van der Waals surface area contributed by atoms with Crippen LogP contribution < -0.4 is 15.2 Å². The normalized spacial score (nSPS) is 18.7. The smallest absolute Gasteiger partial charge is 0.171 e. The fourth-order valence-corrected chi connectivity index (χ4v) is 2.69. The van der Waals surface area contributed by atoms with Gasteiger partial charge in [0.2, 0.25) is 0 Å². The molecule has 2 heterocycles. The predicted octanol–water partition coefficient (Wildman–Crippen LogP) is 3.46. The molecule has 4 heteroatoms. The standard InChI is InChI=1S/C17H21NO3/c1-11(18)15(13-8-5-9-19-13)20-14-7-4-6-12-10-17(2,3)21-16(12)14/h4-9,11,15H,10,18H2,1-3H3. The molecule has 2 N–H and O–H groups in total. The van der Waals surface area contributed by atoms with Gasteiger partial charge in [-0.25, -0.2) is 0 Å². The molecule has 1 aliphatic heterocycles. The van der Waals surface area contributed by atoms with Crippen LogP contribution >= 0.6 is 0 Å². The van der Waals surface area contributed by atoms with Gasteiger partial charge in [-0.1, -0.05) is 12.1 Å². The van der Waals surface area contributed by atoms with E-state index in [2.05, 4.69) is 19.9 Å². The summed E-state index contributed by atoms with van der Waals surface area (Å²) in [5.41, 5.74) is 7.02. The summed E-state index contributed by atoms with van der Waals surface area (Å²) in [5, 5.41) is 0. The molecule has 2 atom stereocenters. The SMILES string of the molecule is CC(N)C(Oc1cccc2c1OC(C)(C)C2)c1ccco1. The zero-order valence-electron chi connectivity index (χ0n) is 12.6. The summed E-state index contributed by atoms with van der Waals surface area (Å²) in [6.45, 7) is 6.06. The quantitative estimate of drug-likeness (QED) is 0.935. The Balaban J connectivity index is 1.91. The van der Waals surface area contributed by atoms with E-state index in [-0.39, 0.29) is 17.7 Å². The van der Waals surface area contributed by atoms with Crippen LogP contribution in [0.15, 0.2) is 41.0 Å². The lowest BCUT2D eigenvalue weighted by molar-refractivity contribution is 0.115. The minimum Gasteiger partial charge on any atom is -0.483 e. The Morgan fingerprint density at radius 1 is 1.24 bits per heavy atom. The summed E-state index contributed by atoms with van der Waals surface area (Å²) in [7, 11) is 0. The highest BCUT2D eigenvalue weighted by Crippen LogP contribution is 2.43. The summed E-state index contributed by atoms with van der Waals surface area (Å²) in [4.78, 5) is 0. The Bertz CT molecular complexity index is 617. The van der Waals surface area contributed by atoms with E-state index in [4.69, 9.17) is 19.6 Å². The third-order valence-electron chi connectivity index (χ3n) is 3.61. The van der Waals surface area contributed by atoms with E-state index < -0.39 is 0 Å². The molecule has 0 amide bonds. The van der Waals surface area contributed by atoms with Crippen LogP contribution in [-0.2, 0) is 6.42 Å². The lowest BCUT2D eigenvalue weighted by Crippen LogP contribution is -2.29. The molecule has 3 rings (SSSR count). The van der Waals surface area contributed by atoms with Crippen LogP contribution in [0.4, 0.5) is 0 Å². The molecule has 0 saturated carbocycles. The van der Waals surface area contributed by atoms with Crippen LogP contribution in [0.5, 0.6) is 11.5 Å². The van der Waals surface area contributed by atoms with Gasteiger partial charge in [-0.3, -0.25) is 0 Å². The van der Waals surface area contributed by atoms with Crippen LogP contribution in [-0.4, -0.2) is 11.6 Å². The van der Waals surface area contributed by atoms with Crippen LogP contribution in [0.1, 0.15) is 38.2 Å². The van der Waals surface area contributed by atoms with Gasteiger partial charge in [0.1, 0.15) is 11.4 Å². The molecule has 0 aliphatic carbocycles. The molecule has 1 aliphatic rings. The Hall–Kier alpha value is -1.94. The monoisotopic (exact) mass is 287 g/mol. The number of hydrogen-bond acceptors (Lipinski definition) is 4. The van der Waals surface area contributed by atoms with Gasteiger partial charge in [0.15, 0.2) is 17.6 Å². The highest BCUT2D eigenvalue weighted by molar-refractivity contribution is 5.50. The van der Waals surface area contributed by atoms with Gasteiger partial charge in [-0.05, 0) is 39.0 Å². The first kappa shape index (κ1) is 14.0. The van der Waals surface area contributed by atoms with Crippen molar-refractivity contribution in [2.75, 3.05) is 0 Å². The zero-order valence-corrected chi connectivity index (χ0v) is 12.6. The second-order valence-corrected chi connectivity index (χ2v) is 6.20. The molecule has 2 unspecified atom stereocenters. The van der Waals surface area contributed by atoms with Gasteiger partial charge in [0.05, 0.1) is 6.26 Å². The Kier molecular flexibility index (Phi) is 3.41. The van der Waals surface area contributed by atoms with Crippen LogP contribution in [0.2, 0.25) is 0 Å². The number of furan rings is 1. The lowest BCUT2D eigenvalue weighted by Gasteiger charge is -2.23. The molecule has 0 radical (unpaired) electrons. The van der Waals surface area contributed by atoms with Crippen molar-refractivity contribution >= 4 is 0 Å². The summed E-state index contributed by atoms with van der Waals surface area (Å²) in [6.07, 6.45) is 2.17. The maximum absolute atomic E-state index is 6.11. The summed E-state index contributed by atoms with van der Waals surface area (Å²) in [5.74, 6) is 2.26. The Morgan fingerprint density at radius 2 is 2.05 bits per heavy atom. The lowest BCUT2D eigenvalue weighted by atomic mass is 10.0. The molecule has 0 fully saturated rings. The molecule has 4 nitrogen and oxygen atoms in total.